The third-order valence-electron chi connectivity index (χ3n) is 8.80. The number of aryl methyl sites for hydroxylation is 1. The summed E-state index contributed by atoms with van der Waals surface area (Å²) in [4.78, 5) is 42.0. The summed E-state index contributed by atoms with van der Waals surface area (Å²) in [7, 11) is 1.33. The molecule has 2 saturated heterocycles. The Labute approximate surface area is 269 Å². The van der Waals surface area contributed by atoms with E-state index in [2.05, 4.69) is 10.3 Å². The molecule has 15 heteroatoms. The van der Waals surface area contributed by atoms with Gasteiger partial charge in [0.25, 0.3) is 5.92 Å². The number of rotatable bonds is 11. The van der Waals surface area contributed by atoms with Gasteiger partial charge in [0.1, 0.15) is 17.9 Å². The number of aromatic nitrogens is 1. The smallest absolute Gasteiger partial charge is 0.338 e. The molecule has 0 amide bonds. The number of hydrogen-bond acceptors (Lipinski definition) is 11. The number of hydroxylamine groups is 2. The van der Waals surface area contributed by atoms with E-state index in [1.54, 1.807) is 19.9 Å². The number of likely N-dealkylation sites (tertiary alicyclic amines) is 1. The zero-order chi connectivity index (χ0) is 33.6. The number of carboxylic acid groups (broad SMARTS) is 1. The van der Waals surface area contributed by atoms with Crippen LogP contribution in [0.5, 0.6) is 0 Å². The van der Waals surface area contributed by atoms with Crippen LogP contribution in [0.3, 0.4) is 0 Å². The van der Waals surface area contributed by atoms with Gasteiger partial charge in [-0.1, -0.05) is 12.1 Å². The maximum Gasteiger partial charge on any atom is 0.338 e. The molecular formula is C31H38F3N5O6S. The second kappa shape index (κ2) is 13.0. The summed E-state index contributed by atoms with van der Waals surface area (Å²) < 4.78 is 57.2. The highest BCUT2D eigenvalue weighted by Gasteiger charge is 2.61. The number of hydrogen-bond donors (Lipinski definition) is 2. The van der Waals surface area contributed by atoms with Gasteiger partial charge in [-0.2, -0.15) is 5.06 Å². The van der Waals surface area contributed by atoms with Crippen molar-refractivity contribution < 1.29 is 42.2 Å². The first-order valence-electron chi connectivity index (χ1n) is 14.9. The zero-order valence-electron chi connectivity index (χ0n) is 26.5. The number of ether oxygens (including phenoxy) is 2. The largest absolute Gasteiger partial charge is 0.481 e. The van der Waals surface area contributed by atoms with Crippen molar-refractivity contribution in [2.45, 2.75) is 64.8 Å². The van der Waals surface area contributed by atoms with Crippen LogP contribution in [0.25, 0.3) is 0 Å². The number of esters is 1. The fourth-order valence-electron chi connectivity index (χ4n) is 6.14. The summed E-state index contributed by atoms with van der Waals surface area (Å²) in [6, 6.07) is 1.31. The highest BCUT2D eigenvalue weighted by molar-refractivity contribution is 7.11. The zero-order valence-corrected chi connectivity index (χ0v) is 27.3. The van der Waals surface area contributed by atoms with Crippen LogP contribution in [0.2, 0.25) is 0 Å². The third-order valence-corrected chi connectivity index (χ3v) is 9.76. The van der Waals surface area contributed by atoms with E-state index in [1.807, 2.05) is 12.3 Å². The van der Waals surface area contributed by atoms with Crippen molar-refractivity contribution in [3.8, 4) is 0 Å². The lowest BCUT2D eigenvalue weighted by molar-refractivity contribution is -0.205. The Hall–Kier alpha value is -3.37. The second-order valence-electron chi connectivity index (χ2n) is 12.2. The molecular weight excluding hydrogens is 627 g/mol. The van der Waals surface area contributed by atoms with Crippen LogP contribution in [0.1, 0.15) is 48.6 Å². The molecule has 2 N–H and O–H groups in total. The first kappa shape index (κ1) is 34.0. The molecule has 1 aromatic carbocycles. The van der Waals surface area contributed by atoms with Crippen LogP contribution in [0, 0.1) is 25.1 Å². The summed E-state index contributed by atoms with van der Waals surface area (Å²) in [5.74, 6) is -5.25. The number of amidine groups is 1. The van der Waals surface area contributed by atoms with Gasteiger partial charge in [-0.15, -0.1) is 11.3 Å². The highest BCUT2D eigenvalue weighted by atomic mass is 32.1. The maximum absolute atomic E-state index is 15.8. The average molecular weight is 666 g/mol. The SMILES string of the molecule is CCOC(=O)C1=C(CN2CC(F)(F)[C@H]3[C@@H]2CON3C[C@@H](OC)C(C)(C)C(=O)O)NC(c2nc(C)cs2)=N[C@H]1c1cccc(F)c1C. The minimum absolute atomic E-state index is 0.0509. The van der Waals surface area contributed by atoms with Crippen molar-refractivity contribution in [3.63, 3.8) is 0 Å². The molecule has 4 heterocycles. The van der Waals surface area contributed by atoms with E-state index in [-0.39, 0.29) is 37.6 Å². The van der Waals surface area contributed by atoms with Gasteiger partial charge in [-0.25, -0.2) is 22.9 Å². The lowest BCUT2D eigenvalue weighted by Crippen LogP contribution is -2.51. The number of halogens is 3. The lowest BCUT2D eigenvalue weighted by Gasteiger charge is -2.34. The Kier molecular flexibility index (Phi) is 9.62. The topological polar surface area (TPSA) is 126 Å². The molecule has 5 rings (SSSR count). The fourth-order valence-corrected chi connectivity index (χ4v) is 6.89. The number of nitrogens with zero attached hydrogens (tertiary/aromatic N) is 4. The number of nitrogens with one attached hydrogen (secondary N) is 1. The second-order valence-corrected chi connectivity index (χ2v) is 13.0. The van der Waals surface area contributed by atoms with E-state index in [0.717, 1.165) is 10.8 Å². The standard InChI is InChI=1S/C31H38F3N5O6S/c1-7-44-28(40)23-20(36-26(27-35-16(2)14-46-27)37-24(23)18-9-8-10-19(32)17(18)3)11-38-15-31(33,34)25-21(38)13-45-39(25)12-22(43-6)30(4,5)29(41)42/h8-10,14,21-22,24-25H,7,11-13,15H2,1-6H3,(H,36,37)(H,41,42)/t21-,22+,24-,25+/m0/s1. The van der Waals surface area contributed by atoms with E-state index in [9.17, 15) is 19.1 Å². The number of alkyl halides is 2. The molecule has 46 heavy (non-hydrogen) atoms. The highest BCUT2D eigenvalue weighted by Crippen LogP contribution is 2.42. The van der Waals surface area contributed by atoms with Gasteiger partial charge in [0.2, 0.25) is 0 Å². The van der Waals surface area contributed by atoms with E-state index in [0.29, 0.717) is 22.0 Å². The van der Waals surface area contributed by atoms with Gasteiger partial charge >= 0.3 is 11.9 Å². The van der Waals surface area contributed by atoms with E-state index in [4.69, 9.17) is 19.3 Å². The van der Waals surface area contributed by atoms with Crippen molar-refractivity contribution in [2.75, 3.05) is 40.0 Å². The van der Waals surface area contributed by atoms with Crippen LogP contribution in [0.15, 0.2) is 39.8 Å². The molecule has 0 saturated carbocycles. The molecule has 3 aliphatic heterocycles. The van der Waals surface area contributed by atoms with E-state index < -0.39 is 59.9 Å². The summed E-state index contributed by atoms with van der Waals surface area (Å²) in [5, 5.41) is 16.4. The Balaban J connectivity index is 1.53. The molecule has 1 aromatic heterocycles. The molecule has 3 aliphatic rings. The van der Waals surface area contributed by atoms with Crippen LogP contribution >= 0.6 is 11.3 Å². The predicted molar refractivity (Wildman–Crippen MR) is 163 cm³/mol. The molecule has 0 unspecified atom stereocenters. The fraction of sp³-hybridized carbons (Fsp3) is 0.548. The Morgan fingerprint density at radius 3 is 2.67 bits per heavy atom. The van der Waals surface area contributed by atoms with Crippen molar-refractivity contribution >= 4 is 29.1 Å². The number of carboxylic acids is 1. The number of benzene rings is 1. The van der Waals surface area contributed by atoms with Crippen LogP contribution < -0.4 is 5.32 Å². The number of thiazole rings is 1. The summed E-state index contributed by atoms with van der Waals surface area (Å²) in [6.07, 6.45) is -0.942. The first-order valence-corrected chi connectivity index (χ1v) is 15.8. The quantitative estimate of drug-likeness (QED) is 0.342. The number of fused-ring (bicyclic) bond motifs is 1. The number of aliphatic imine (C=N–C) groups is 1. The molecule has 2 fully saturated rings. The minimum Gasteiger partial charge on any atom is -0.481 e. The van der Waals surface area contributed by atoms with Gasteiger partial charge in [-0.3, -0.25) is 19.5 Å². The van der Waals surface area contributed by atoms with Gasteiger partial charge in [0.15, 0.2) is 10.8 Å². The van der Waals surface area contributed by atoms with Crippen molar-refractivity contribution in [2.24, 2.45) is 10.4 Å². The van der Waals surface area contributed by atoms with Gasteiger partial charge in [0, 0.05) is 30.4 Å². The molecule has 0 radical (unpaired) electrons. The maximum atomic E-state index is 15.8. The molecule has 2 aromatic rings. The summed E-state index contributed by atoms with van der Waals surface area (Å²) in [6.45, 7) is 6.97. The summed E-state index contributed by atoms with van der Waals surface area (Å²) in [5.41, 5.74) is 0.455. The van der Waals surface area contributed by atoms with Crippen LogP contribution in [-0.2, 0) is 23.9 Å². The third kappa shape index (κ3) is 6.30. The number of carbonyl (C=O) groups is 2. The molecule has 0 aliphatic carbocycles. The van der Waals surface area contributed by atoms with Gasteiger partial charge in [-0.05, 0) is 51.8 Å². The molecule has 4 atom stereocenters. The molecule has 11 nitrogen and oxygen atoms in total. The van der Waals surface area contributed by atoms with E-state index in [1.165, 1.54) is 49.3 Å². The van der Waals surface area contributed by atoms with Gasteiger partial charge in [0.05, 0.1) is 49.4 Å². The van der Waals surface area contributed by atoms with Crippen molar-refractivity contribution in [1.29, 1.82) is 0 Å². The van der Waals surface area contributed by atoms with Crippen molar-refractivity contribution in [1.82, 2.24) is 20.3 Å². The number of carbonyl (C=O) groups excluding carboxylic acids is 1. The Bertz CT molecular complexity index is 1560. The average Bonchev–Trinajstić information content (AvgIpc) is 3.69. The number of methoxy groups -OCH3 is 1. The first-order chi connectivity index (χ1) is 21.7. The Morgan fingerprint density at radius 1 is 1.30 bits per heavy atom. The van der Waals surface area contributed by atoms with Crippen LogP contribution in [-0.4, -0.2) is 102 Å². The van der Waals surface area contributed by atoms with Gasteiger partial charge < -0.3 is 19.9 Å². The predicted octanol–water partition coefficient (Wildman–Crippen LogP) is 3.87. The number of aliphatic carboxylic acids is 1. The van der Waals surface area contributed by atoms with Crippen molar-refractivity contribution in [3.05, 3.63) is 62.5 Å². The molecule has 0 spiro atoms. The monoisotopic (exact) mass is 665 g/mol. The normalized spacial score (nSPS) is 24.0. The summed E-state index contributed by atoms with van der Waals surface area (Å²) >= 11 is 1.32. The Morgan fingerprint density at radius 2 is 2.04 bits per heavy atom. The molecule has 250 valence electrons. The van der Waals surface area contributed by atoms with E-state index >= 15 is 8.78 Å². The minimum atomic E-state index is -3.26. The lowest BCUT2D eigenvalue weighted by atomic mass is 9.86. The molecule has 0 bridgehead atoms. The van der Waals surface area contributed by atoms with Crippen LogP contribution in [0.4, 0.5) is 13.2 Å².